The summed E-state index contributed by atoms with van der Waals surface area (Å²) in [5, 5.41) is 4.29. The van der Waals surface area contributed by atoms with Crippen LogP contribution in [0, 0.1) is 0 Å². The van der Waals surface area contributed by atoms with Crippen molar-refractivity contribution in [1.82, 2.24) is 39.5 Å². The Morgan fingerprint density at radius 3 is 1.10 bits per heavy atom. The zero-order valence-electron chi connectivity index (χ0n) is 37.9. The van der Waals surface area contributed by atoms with E-state index in [4.69, 9.17) is 0 Å². The lowest BCUT2D eigenvalue weighted by Gasteiger charge is -2.30. The van der Waals surface area contributed by atoms with E-state index in [9.17, 15) is 0 Å². The summed E-state index contributed by atoms with van der Waals surface area (Å²) in [7, 11) is 6.55. The molecule has 8 heteroatoms. The van der Waals surface area contributed by atoms with Crippen molar-refractivity contribution >= 4 is 22.3 Å². The minimum absolute atomic E-state index is 0.845. The van der Waals surface area contributed by atoms with E-state index in [0.717, 1.165) is 99.3 Å². The van der Waals surface area contributed by atoms with E-state index in [-0.39, 0.29) is 0 Å². The van der Waals surface area contributed by atoms with Gasteiger partial charge in [-0.2, -0.15) is 0 Å². The van der Waals surface area contributed by atoms with Crippen LogP contribution in [0.1, 0.15) is 93.9 Å². The summed E-state index contributed by atoms with van der Waals surface area (Å²) in [5.74, 6) is 0. The molecular formula is C55H66N8. The first-order valence-corrected chi connectivity index (χ1v) is 23.6. The van der Waals surface area contributed by atoms with Crippen molar-refractivity contribution in [2.24, 2.45) is 0 Å². The molecule has 0 saturated carbocycles. The summed E-state index contributed by atoms with van der Waals surface area (Å²) in [6, 6.07) is 18.2. The Morgan fingerprint density at radius 2 is 0.714 bits per heavy atom. The molecule has 0 aromatic carbocycles. The van der Waals surface area contributed by atoms with Crippen molar-refractivity contribution in [2.45, 2.75) is 71.1 Å². The van der Waals surface area contributed by atoms with E-state index in [1.165, 1.54) is 86.9 Å². The maximum atomic E-state index is 4.03. The number of nitrogens with one attached hydrogen (secondary N) is 4. The predicted molar refractivity (Wildman–Crippen MR) is 262 cm³/mol. The normalized spacial score (nSPS) is 17.5. The summed E-state index contributed by atoms with van der Waals surface area (Å²) in [4.78, 5) is 25.6. The summed E-state index contributed by atoms with van der Waals surface area (Å²) in [5.41, 5.74) is 13.7. The molecule has 0 spiro atoms. The smallest absolute Gasteiger partial charge is 0.0500 e. The van der Waals surface area contributed by atoms with Gasteiger partial charge in [0.15, 0.2) is 0 Å². The molecule has 0 aliphatic carbocycles. The third-order valence-electron chi connectivity index (χ3n) is 13.3. The van der Waals surface area contributed by atoms with Gasteiger partial charge < -0.3 is 39.5 Å². The van der Waals surface area contributed by atoms with Crippen LogP contribution in [-0.4, -0.2) is 93.4 Å². The molecule has 4 aromatic heterocycles. The average molecular weight is 839 g/mol. The van der Waals surface area contributed by atoms with Crippen LogP contribution in [0.2, 0.25) is 0 Å². The zero-order chi connectivity index (χ0) is 43.1. The number of unbranched alkanes of at least 4 members (excludes halogenated alkanes) is 9. The molecule has 0 atom stereocenters. The Bertz CT molecular complexity index is 2800. The van der Waals surface area contributed by atoms with Crippen molar-refractivity contribution in [3.8, 4) is 0 Å². The molecule has 0 fully saturated rings. The number of rotatable bonds is 15. The largest absolute Gasteiger partial charge is 0.370 e. The second kappa shape index (κ2) is 19.4. The third-order valence-corrected chi connectivity index (χ3v) is 13.3. The molecule has 5 aliphatic rings. The van der Waals surface area contributed by atoms with Gasteiger partial charge in [-0.15, -0.1) is 0 Å². The van der Waals surface area contributed by atoms with Gasteiger partial charge in [-0.1, -0.05) is 113 Å². The third kappa shape index (κ3) is 8.99. The fourth-order valence-corrected chi connectivity index (χ4v) is 9.86. The van der Waals surface area contributed by atoms with Crippen LogP contribution in [0.5, 0.6) is 0 Å². The number of allylic oxidation sites excluding steroid dienone is 12. The summed E-state index contributed by atoms with van der Waals surface area (Å²) < 4.78 is 0. The number of H-pyrrole nitrogens is 4. The van der Waals surface area contributed by atoms with Gasteiger partial charge in [0, 0.05) is 98.9 Å². The van der Waals surface area contributed by atoms with Gasteiger partial charge in [0.1, 0.15) is 0 Å². The second-order valence-electron chi connectivity index (χ2n) is 17.8. The highest BCUT2D eigenvalue weighted by atomic mass is 15.1. The predicted octanol–water partition coefficient (Wildman–Crippen LogP) is 7.94. The van der Waals surface area contributed by atoms with Crippen molar-refractivity contribution in [3.05, 3.63) is 188 Å². The van der Waals surface area contributed by atoms with Crippen molar-refractivity contribution < 1.29 is 0 Å². The molecule has 5 aliphatic heterocycles. The molecule has 8 bridgehead atoms. The zero-order valence-corrected chi connectivity index (χ0v) is 37.9. The highest BCUT2D eigenvalue weighted by molar-refractivity contribution is 5.84. The van der Waals surface area contributed by atoms with E-state index in [1.54, 1.807) is 0 Å². The second-order valence-corrected chi connectivity index (χ2v) is 17.8. The minimum Gasteiger partial charge on any atom is -0.370 e. The molecule has 4 aromatic rings. The molecule has 4 N–H and O–H groups in total. The monoisotopic (exact) mass is 839 g/mol. The molecule has 0 radical (unpaired) electrons. The highest BCUT2D eigenvalue weighted by Crippen LogP contribution is 2.32. The van der Waals surface area contributed by atoms with E-state index >= 15 is 0 Å². The number of fused-ring (bicyclic) bond motifs is 8. The topological polar surface area (TPSA) is 76.1 Å². The first kappa shape index (κ1) is 42.0. The molecule has 9 rings (SSSR count). The molecule has 63 heavy (non-hydrogen) atoms. The van der Waals surface area contributed by atoms with Crippen molar-refractivity contribution in [1.29, 1.82) is 0 Å². The quantitative estimate of drug-likeness (QED) is 0.0919. The van der Waals surface area contributed by atoms with Gasteiger partial charge in [-0.25, -0.2) is 0 Å². The molecule has 326 valence electrons. The first-order valence-electron chi connectivity index (χ1n) is 23.6. The molecule has 0 unspecified atom stereocenters. The average Bonchev–Trinajstić information content (AvgIpc) is 4.15. The summed E-state index contributed by atoms with van der Waals surface area (Å²) in [6.45, 7) is 6.76. The van der Waals surface area contributed by atoms with Crippen LogP contribution in [0.25, 0.3) is 22.3 Å². The van der Waals surface area contributed by atoms with Crippen LogP contribution in [0.3, 0.4) is 0 Å². The van der Waals surface area contributed by atoms with E-state index in [0.29, 0.717) is 0 Å². The maximum Gasteiger partial charge on any atom is 0.0500 e. The van der Waals surface area contributed by atoms with E-state index < -0.39 is 0 Å². The maximum absolute atomic E-state index is 4.03. The Kier molecular flexibility index (Phi) is 13.0. The van der Waals surface area contributed by atoms with Crippen LogP contribution in [0.15, 0.2) is 144 Å². The van der Waals surface area contributed by atoms with Crippen LogP contribution in [0.4, 0.5) is 0 Å². The van der Waals surface area contributed by atoms with Crippen LogP contribution >= 0.6 is 0 Å². The van der Waals surface area contributed by atoms with Gasteiger partial charge in [-0.05, 0) is 79.3 Å². The van der Waals surface area contributed by atoms with Gasteiger partial charge in [0.05, 0.1) is 44.2 Å². The lowest BCUT2D eigenvalue weighted by molar-refractivity contribution is 0.373. The Balaban J connectivity index is 1.22. The molecular weight excluding hydrogens is 773 g/mol. The lowest BCUT2D eigenvalue weighted by Crippen LogP contribution is -2.30. The van der Waals surface area contributed by atoms with Crippen LogP contribution in [-0.2, 0) is 0 Å². The van der Waals surface area contributed by atoms with Crippen LogP contribution < -0.4 is 21.4 Å². The number of nitrogens with zero attached hydrogens (tertiary/aromatic N) is 4. The van der Waals surface area contributed by atoms with E-state index in [2.05, 4.69) is 189 Å². The number of hydrogen-bond acceptors (Lipinski definition) is 4. The Morgan fingerprint density at radius 1 is 0.381 bits per heavy atom. The minimum atomic E-state index is 0.845. The van der Waals surface area contributed by atoms with Gasteiger partial charge in [0.2, 0.25) is 0 Å². The molecule has 0 saturated heterocycles. The number of aromatic amines is 4. The Hall–Kier alpha value is -6.28. The number of hydrogen-bond donors (Lipinski definition) is 4. The SMILES string of the molecule is CCCCCCCCCCCCN1CC=CC=C1C1=c2ccc([nH]2)=C(C2=CC=CCN2C)c2ccc([nH]2)C(C2=CC=CCN2C)=c2ccc([nH]2)=C(C2=CC=CCN2C)c2ccc1[nH]2. The van der Waals surface area contributed by atoms with Crippen molar-refractivity contribution in [3.63, 3.8) is 0 Å². The molecule has 0 amide bonds. The lowest BCUT2D eigenvalue weighted by atomic mass is 10.0. The van der Waals surface area contributed by atoms with Gasteiger partial charge in [-0.3, -0.25) is 0 Å². The standard InChI is InChI=1S/C55H66N8/c1-5-6-7-8-9-10-11-12-13-18-38-63-39-22-17-26-51(63)55-46-33-31-44(58-46)53(49-24-15-20-36-61(49)3)42-29-27-40(56-42)52(48-23-14-19-35-60(48)2)41-28-30-43(57-41)54(45-32-34-47(55)59-45)50-25-16-21-37-62(50)4/h14-17,19-34,56-59H,5-13,18,35-39H2,1-4H3. The van der Waals surface area contributed by atoms with E-state index in [1.807, 2.05) is 0 Å². The fourth-order valence-electron chi connectivity index (χ4n) is 9.86. The molecule has 8 nitrogen and oxygen atoms in total. The number of likely N-dealkylation sites (N-methyl/N-ethyl adjacent to an activating group) is 3. The number of aromatic nitrogens is 4. The summed E-state index contributed by atoms with van der Waals surface area (Å²) in [6.07, 6.45) is 40.1. The first-order chi connectivity index (χ1) is 31.0. The Labute approximate surface area is 373 Å². The summed E-state index contributed by atoms with van der Waals surface area (Å²) >= 11 is 0. The molecule has 9 heterocycles. The fraction of sp³-hybridized carbons (Fsp3) is 0.345. The highest BCUT2D eigenvalue weighted by Gasteiger charge is 2.25. The van der Waals surface area contributed by atoms with Gasteiger partial charge in [0.25, 0.3) is 0 Å². The van der Waals surface area contributed by atoms with Gasteiger partial charge >= 0.3 is 0 Å². The van der Waals surface area contributed by atoms with Crippen molar-refractivity contribution in [2.75, 3.05) is 53.9 Å².